The van der Waals surface area contributed by atoms with Gasteiger partial charge in [0.15, 0.2) is 5.78 Å². The van der Waals surface area contributed by atoms with Gasteiger partial charge in [-0.1, -0.05) is 13.2 Å². The molecule has 46 valence electrons. The van der Waals surface area contributed by atoms with Crippen LogP contribution in [0.25, 0.3) is 0 Å². The van der Waals surface area contributed by atoms with Crippen molar-refractivity contribution in [2.75, 3.05) is 0 Å². The molecule has 0 amide bonds. The quantitative estimate of drug-likeness (QED) is 0.407. The molecule has 0 aromatic rings. The van der Waals surface area contributed by atoms with E-state index in [4.69, 9.17) is 5.26 Å². The van der Waals surface area contributed by atoms with Gasteiger partial charge >= 0.3 is 0 Å². The van der Waals surface area contributed by atoms with Crippen LogP contribution >= 0.6 is 0 Å². The summed E-state index contributed by atoms with van der Waals surface area (Å²) in [7, 11) is 0. The molecule has 0 aliphatic heterocycles. The Morgan fingerprint density at radius 3 is 2.11 bits per heavy atom. The van der Waals surface area contributed by atoms with Gasteiger partial charge in [0.1, 0.15) is 6.07 Å². The van der Waals surface area contributed by atoms with Gasteiger partial charge in [0.05, 0.1) is 5.57 Å². The highest BCUT2D eigenvalue weighted by molar-refractivity contribution is 6.09. The third-order valence-electron chi connectivity index (χ3n) is 0.797. The van der Waals surface area contributed by atoms with Crippen molar-refractivity contribution in [3.05, 3.63) is 24.3 Å². The minimum atomic E-state index is -0.363. The van der Waals surface area contributed by atoms with Crippen LogP contribution in [-0.2, 0) is 4.79 Å². The Morgan fingerprint density at radius 1 is 1.56 bits per heavy atom. The minimum Gasteiger partial charge on any atom is -0.288 e. The van der Waals surface area contributed by atoms with E-state index in [0.29, 0.717) is 5.57 Å². The highest BCUT2D eigenvalue weighted by Gasteiger charge is 2.04. The summed E-state index contributed by atoms with van der Waals surface area (Å²) in [4.78, 5) is 10.7. The zero-order valence-electron chi connectivity index (χ0n) is 5.27. The van der Waals surface area contributed by atoms with Gasteiger partial charge < -0.3 is 0 Å². The summed E-state index contributed by atoms with van der Waals surface area (Å²) in [5.74, 6) is -0.363. The maximum absolute atomic E-state index is 10.7. The van der Waals surface area contributed by atoms with Crippen molar-refractivity contribution in [2.24, 2.45) is 0 Å². The van der Waals surface area contributed by atoms with Crippen molar-refractivity contribution in [2.45, 2.75) is 6.92 Å². The number of carbonyl (C=O) groups excluding carboxylic acids is 1. The highest BCUT2D eigenvalue weighted by atomic mass is 16.1. The molecule has 0 saturated heterocycles. The first-order valence-electron chi connectivity index (χ1n) is 2.38. The molecule has 0 heterocycles. The Morgan fingerprint density at radius 2 is 2.00 bits per heavy atom. The molecule has 0 unspecified atom stereocenters. The van der Waals surface area contributed by atoms with E-state index >= 15 is 0 Å². The second kappa shape index (κ2) is 2.83. The number of Topliss-reactive ketones (excluding diaryl/α,β-unsaturated/α-hetero) is 1. The molecule has 0 atom stereocenters. The molecule has 0 radical (unpaired) electrons. The van der Waals surface area contributed by atoms with Crippen LogP contribution in [0, 0.1) is 11.3 Å². The van der Waals surface area contributed by atoms with Crippen LogP contribution in [0.5, 0.6) is 0 Å². The lowest BCUT2D eigenvalue weighted by molar-refractivity contribution is -0.111. The van der Waals surface area contributed by atoms with Crippen molar-refractivity contribution < 1.29 is 4.79 Å². The van der Waals surface area contributed by atoms with Gasteiger partial charge in [-0.25, -0.2) is 0 Å². The molecule has 0 rings (SSSR count). The number of hydrogen-bond acceptors (Lipinski definition) is 2. The van der Waals surface area contributed by atoms with E-state index in [2.05, 4.69) is 13.2 Å². The van der Waals surface area contributed by atoms with Crippen LogP contribution in [0.15, 0.2) is 24.3 Å². The van der Waals surface area contributed by atoms with E-state index in [0.717, 1.165) is 0 Å². The van der Waals surface area contributed by atoms with Gasteiger partial charge in [-0.3, -0.25) is 4.79 Å². The number of allylic oxidation sites excluding steroid dienone is 2. The van der Waals surface area contributed by atoms with Gasteiger partial charge in [-0.2, -0.15) is 5.26 Å². The van der Waals surface area contributed by atoms with E-state index < -0.39 is 0 Å². The number of nitriles is 1. The molecule has 0 spiro atoms. The normalized spacial score (nSPS) is 7.56. The van der Waals surface area contributed by atoms with Crippen LogP contribution in [0.1, 0.15) is 6.92 Å². The van der Waals surface area contributed by atoms with E-state index in [1.54, 1.807) is 13.0 Å². The fourth-order valence-electron chi connectivity index (χ4n) is 0.308. The number of carbonyl (C=O) groups is 1. The smallest absolute Gasteiger partial charge is 0.198 e. The topological polar surface area (TPSA) is 40.9 Å². The molecule has 0 N–H and O–H groups in total. The van der Waals surface area contributed by atoms with E-state index in [1.807, 2.05) is 0 Å². The monoisotopic (exact) mass is 121 g/mol. The molecule has 0 aliphatic carbocycles. The molecule has 0 saturated carbocycles. The first-order chi connectivity index (χ1) is 4.09. The summed E-state index contributed by atoms with van der Waals surface area (Å²) in [6, 6.07) is 1.64. The Bertz CT molecular complexity index is 207. The zero-order chi connectivity index (χ0) is 7.44. The lowest BCUT2D eigenvalue weighted by Crippen LogP contribution is -1.98. The summed E-state index contributed by atoms with van der Waals surface area (Å²) in [5.41, 5.74) is 0.295. The summed E-state index contributed by atoms with van der Waals surface area (Å²) < 4.78 is 0. The maximum atomic E-state index is 10.7. The molecule has 0 fully saturated rings. The predicted octanol–water partition coefficient (Wildman–Crippen LogP) is 1.21. The zero-order valence-corrected chi connectivity index (χ0v) is 5.27. The summed E-state index contributed by atoms with van der Waals surface area (Å²) in [6.07, 6.45) is 0. The number of ketones is 1. The molecule has 0 aliphatic rings. The Balaban J connectivity index is 4.28. The number of rotatable bonds is 2. The molecule has 0 aromatic heterocycles. The number of hydrogen-bond donors (Lipinski definition) is 0. The molecule has 2 nitrogen and oxygen atoms in total. The second-order valence-electron chi connectivity index (χ2n) is 1.70. The first kappa shape index (κ1) is 7.64. The lowest BCUT2D eigenvalue weighted by Gasteiger charge is -1.90. The third-order valence-corrected chi connectivity index (χ3v) is 0.797. The van der Waals surface area contributed by atoms with Crippen molar-refractivity contribution in [1.82, 2.24) is 0 Å². The van der Waals surface area contributed by atoms with Crippen LogP contribution < -0.4 is 0 Å². The minimum absolute atomic E-state index is 0.0532. The molecular formula is C7H7NO. The van der Waals surface area contributed by atoms with Gasteiger partial charge in [0.2, 0.25) is 0 Å². The fraction of sp³-hybridized carbons (Fsp3) is 0.143. The fourth-order valence-corrected chi connectivity index (χ4v) is 0.308. The van der Waals surface area contributed by atoms with Crippen molar-refractivity contribution >= 4 is 5.78 Å². The average molecular weight is 121 g/mol. The van der Waals surface area contributed by atoms with Crippen molar-refractivity contribution in [3.63, 3.8) is 0 Å². The molecular weight excluding hydrogens is 114 g/mol. The second-order valence-corrected chi connectivity index (χ2v) is 1.70. The number of nitrogens with zero attached hydrogens (tertiary/aromatic N) is 1. The van der Waals surface area contributed by atoms with Gasteiger partial charge in [-0.05, 0) is 12.5 Å². The standard InChI is InChI=1S/C7H7NO/c1-5(2)7(9)6(3)4-8/h1,3H2,2H3. The Hall–Kier alpha value is -1.36. The van der Waals surface area contributed by atoms with Crippen LogP contribution in [0.3, 0.4) is 0 Å². The van der Waals surface area contributed by atoms with E-state index in [-0.39, 0.29) is 11.4 Å². The Kier molecular flexibility index (Phi) is 2.40. The molecule has 0 bridgehead atoms. The van der Waals surface area contributed by atoms with Gasteiger partial charge in [0.25, 0.3) is 0 Å². The average Bonchev–Trinajstić information content (AvgIpc) is 1.84. The van der Waals surface area contributed by atoms with Crippen LogP contribution in [0.4, 0.5) is 0 Å². The SMILES string of the molecule is C=C(C)C(=O)C(=C)C#N. The largest absolute Gasteiger partial charge is 0.288 e. The molecule has 9 heavy (non-hydrogen) atoms. The summed E-state index contributed by atoms with van der Waals surface area (Å²) in [5, 5.41) is 8.14. The first-order valence-corrected chi connectivity index (χ1v) is 2.38. The van der Waals surface area contributed by atoms with Crippen LogP contribution in [0.2, 0.25) is 0 Å². The van der Waals surface area contributed by atoms with E-state index in [9.17, 15) is 4.79 Å². The maximum Gasteiger partial charge on any atom is 0.198 e. The van der Waals surface area contributed by atoms with Crippen molar-refractivity contribution in [1.29, 1.82) is 5.26 Å². The van der Waals surface area contributed by atoms with E-state index in [1.165, 1.54) is 0 Å². The van der Waals surface area contributed by atoms with Crippen molar-refractivity contribution in [3.8, 4) is 6.07 Å². The molecule has 2 heteroatoms. The van der Waals surface area contributed by atoms with Gasteiger partial charge in [-0.15, -0.1) is 0 Å². The molecule has 0 aromatic carbocycles. The van der Waals surface area contributed by atoms with Gasteiger partial charge in [0, 0.05) is 0 Å². The lowest BCUT2D eigenvalue weighted by atomic mass is 10.1. The third kappa shape index (κ3) is 1.92. The predicted molar refractivity (Wildman–Crippen MR) is 34.6 cm³/mol. The van der Waals surface area contributed by atoms with Crippen LogP contribution in [-0.4, -0.2) is 5.78 Å². The Labute approximate surface area is 54.1 Å². The summed E-state index contributed by atoms with van der Waals surface area (Å²) >= 11 is 0. The summed E-state index contributed by atoms with van der Waals surface area (Å²) in [6.45, 7) is 8.13. The highest BCUT2D eigenvalue weighted by Crippen LogP contribution is 1.98.